The number of nitrogens with one attached hydrogen (secondary N) is 2. The van der Waals surface area contributed by atoms with E-state index in [2.05, 4.69) is 20.6 Å². The Morgan fingerprint density at radius 2 is 2.29 bits per heavy atom. The minimum absolute atomic E-state index is 0.0425. The average molecular weight is 254 g/mol. The first-order valence-electron chi connectivity index (χ1n) is 5.58. The predicted molar refractivity (Wildman–Crippen MR) is 70.3 cm³/mol. The maximum absolute atomic E-state index is 11.5. The maximum atomic E-state index is 11.5. The number of anilines is 1. The van der Waals surface area contributed by atoms with Crippen molar-refractivity contribution in [2.75, 3.05) is 24.7 Å². The molecule has 0 aliphatic rings. The molecule has 0 unspecified atom stereocenters. The molecule has 1 heterocycles. The van der Waals surface area contributed by atoms with Gasteiger partial charge in [0, 0.05) is 19.8 Å². The summed E-state index contributed by atoms with van der Waals surface area (Å²) in [6.07, 6.45) is 2.71. The molecule has 0 aliphatic carbocycles. The first-order valence-corrected chi connectivity index (χ1v) is 6.56. The van der Waals surface area contributed by atoms with E-state index in [-0.39, 0.29) is 5.91 Å². The van der Waals surface area contributed by atoms with Crippen LogP contribution in [0.25, 0.3) is 0 Å². The van der Waals surface area contributed by atoms with Crippen LogP contribution >= 0.6 is 11.8 Å². The van der Waals surface area contributed by atoms with Gasteiger partial charge >= 0.3 is 0 Å². The Kier molecular flexibility index (Phi) is 5.76. The highest BCUT2D eigenvalue weighted by atomic mass is 32.2. The number of hydrogen-bond acceptors (Lipinski definition) is 5. The summed E-state index contributed by atoms with van der Waals surface area (Å²) >= 11 is 1.43. The van der Waals surface area contributed by atoms with Crippen molar-refractivity contribution in [2.45, 2.75) is 25.3 Å². The molecule has 0 saturated heterocycles. The maximum Gasteiger partial charge on any atom is 0.230 e. The van der Waals surface area contributed by atoms with Crippen molar-refractivity contribution >= 4 is 23.6 Å². The molecule has 5 nitrogen and oxygen atoms in total. The molecule has 17 heavy (non-hydrogen) atoms. The second-order valence-electron chi connectivity index (χ2n) is 3.57. The highest BCUT2D eigenvalue weighted by Crippen LogP contribution is 2.19. The largest absolute Gasteiger partial charge is 0.357 e. The molecule has 94 valence electrons. The van der Waals surface area contributed by atoms with Crippen LogP contribution in [0, 0.1) is 6.92 Å². The van der Waals surface area contributed by atoms with E-state index in [1.165, 1.54) is 11.8 Å². The van der Waals surface area contributed by atoms with Crippen LogP contribution < -0.4 is 10.6 Å². The van der Waals surface area contributed by atoms with Crippen molar-refractivity contribution < 1.29 is 4.79 Å². The smallest absolute Gasteiger partial charge is 0.230 e. The van der Waals surface area contributed by atoms with E-state index in [0.29, 0.717) is 11.7 Å². The summed E-state index contributed by atoms with van der Waals surface area (Å²) in [5.41, 5.74) is 0.984. The molecule has 0 aromatic carbocycles. The van der Waals surface area contributed by atoms with E-state index in [0.717, 1.165) is 23.6 Å². The predicted octanol–water partition coefficient (Wildman–Crippen LogP) is 1.45. The van der Waals surface area contributed by atoms with Gasteiger partial charge in [-0.1, -0.05) is 18.7 Å². The zero-order valence-electron chi connectivity index (χ0n) is 10.4. The molecule has 0 atom stereocenters. The summed E-state index contributed by atoms with van der Waals surface area (Å²) in [5, 5.41) is 6.56. The van der Waals surface area contributed by atoms with Crippen molar-refractivity contribution in [1.29, 1.82) is 0 Å². The average Bonchev–Trinajstić information content (AvgIpc) is 2.35. The van der Waals surface area contributed by atoms with Gasteiger partial charge in [-0.15, -0.1) is 0 Å². The van der Waals surface area contributed by atoms with Gasteiger partial charge in [0.25, 0.3) is 0 Å². The topological polar surface area (TPSA) is 66.9 Å². The van der Waals surface area contributed by atoms with Crippen LogP contribution in [0.2, 0.25) is 0 Å². The lowest BCUT2D eigenvalue weighted by Crippen LogP contribution is -2.25. The molecule has 6 heteroatoms. The van der Waals surface area contributed by atoms with Gasteiger partial charge in [0.05, 0.1) is 5.75 Å². The van der Waals surface area contributed by atoms with E-state index < -0.39 is 0 Å². The van der Waals surface area contributed by atoms with Crippen molar-refractivity contribution in [3.8, 4) is 0 Å². The Bertz CT molecular complexity index is 384. The summed E-state index contributed by atoms with van der Waals surface area (Å²) in [4.78, 5) is 19.9. The standard InChI is InChI=1S/C11H18N4OS/c1-4-5-13-9(16)7-17-10-8(2)6-14-11(12-3)15-10/h6H,4-5,7H2,1-3H3,(H,13,16)(H,12,14,15). The number of rotatable bonds is 6. The van der Waals surface area contributed by atoms with Gasteiger partial charge in [0.2, 0.25) is 11.9 Å². The lowest BCUT2D eigenvalue weighted by atomic mass is 10.4. The summed E-state index contributed by atoms with van der Waals surface area (Å²) in [5.74, 6) is 1.01. The fraction of sp³-hybridized carbons (Fsp3) is 0.545. The highest BCUT2D eigenvalue weighted by molar-refractivity contribution is 7.99. The lowest BCUT2D eigenvalue weighted by molar-refractivity contribution is -0.118. The second-order valence-corrected chi connectivity index (χ2v) is 4.53. The van der Waals surface area contributed by atoms with Crippen molar-refractivity contribution in [1.82, 2.24) is 15.3 Å². The molecule has 2 N–H and O–H groups in total. The van der Waals surface area contributed by atoms with Gasteiger partial charge in [0.15, 0.2) is 0 Å². The Hall–Kier alpha value is -1.30. The van der Waals surface area contributed by atoms with Crippen LogP contribution in [0.1, 0.15) is 18.9 Å². The summed E-state index contributed by atoms with van der Waals surface area (Å²) < 4.78 is 0. The third-order valence-corrected chi connectivity index (χ3v) is 3.15. The number of nitrogens with zero attached hydrogens (tertiary/aromatic N) is 2. The normalized spacial score (nSPS) is 10.1. The molecule has 0 saturated carbocycles. The lowest BCUT2D eigenvalue weighted by Gasteiger charge is -2.06. The molecule has 1 amide bonds. The first kappa shape index (κ1) is 13.8. The Balaban J connectivity index is 2.53. The van der Waals surface area contributed by atoms with Crippen molar-refractivity contribution in [3.05, 3.63) is 11.8 Å². The number of hydrogen-bond donors (Lipinski definition) is 2. The molecule has 1 rings (SSSR count). The van der Waals surface area contributed by atoms with Gasteiger partial charge in [-0.25, -0.2) is 9.97 Å². The molecule has 0 fully saturated rings. The number of amides is 1. The van der Waals surface area contributed by atoms with Crippen LogP contribution in [0.4, 0.5) is 5.95 Å². The van der Waals surface area contributed by atoms with Gasteiger partial charge in [-0.3, -0.25) is 4.79 Å². The van der Waals surface area contributed by atoms with Crippen LogP contribution in [0.3, 0.4) is 0 Å². The third kappa shape index (κ3) is 4.60. The molecule has 1 aromatic heterocycles. The number of thioether (sulfide) groups is 1. The highest BCUT2D eigenvalue weighted by Gasteiger charge is 2.07. The second kappa shape index (κ2) is 7.11. The Morgan fingerprint density at radius 1 is 1.53 bits per heavy atom. The molecule has 0 spiro atoms. The summed E-state index contributed by atoms with van der Waals surface area (Å²) in [6.45, 7) is 4.69. The molecular formula is C11H18N4OS. The zero-order chi connectivity index (χ0) is 12.7. The van der Waals surface area contributed by atoms with Gasteiger partial charge in [-0.05, 0) is 18.9 Å². The molecular weight excluding hydrogens is 236 g/mol. The number of carbonyl (C=O) groups is 1. The minimum atomic E-state index is 0.0425. The number of carbonyl (C=O) groups excluding carboxylic acids is 1. The molecule has 0 bridgehead atoms. The zero-order valence-corrected chi connectivity index (χ0v) is 11.2. The van der Waals surface area contributed by atoms with Gasteiger partial charge < -0.3 is 10.6 Å². The summed E-state index contributed by atoms with van der Waals surface area (Å²) in [7, 11) is 1.77. The van der Waals surface area contributed by atoms with E-state index in [1.807, 2.05) is 13.8 Å². The fourth-order valence-corrected chi connectivity index (χ4v) is 1.94. The van der Waals surface area contributed by atoms with Gasteiger partial charge in [0.1, 0.15) is 5.03 Å². The molecule has 1 aromatic rings. The van der Waals surface area contributed by atoms with E-state index in [9.17, 15) is 4.79 Å². The fourth-order valence-electron chi connectivity index (χ4n) is 1.14. The molecule has 0 radical (unpaired) electrons. The van der Waals surface area contributed by atoms with Crippen LogP contribution in [0.5, 0.6) is 0 Å². The Labute approximate surface area is 106 Å². The van der Waals surface area contributed by atoms with Crippen LogP contribution in [0.15, 0.2) is 11.2 Å². The van der Waals surface area contributed by atoms with Crippen molar-refractivity contribution in [2.24, 2.45) is 0 Å². The van der Waals surface area contributed by atoms with E-state index in [4.69, 9.17) is 0 Å². The third-order valence-electron chi connectivity index (χ3n) is 2.06. The quantitative estimate of drug-likeness (QED) is 0.594. The SMILES string of the molecule is CCCNC(=O)CSc1nc(NC)ncc1C. The first-order chi connectivity index (χ1) is 8.17. The summed E-state index contributed by atoms with van der Waals surface area (Å²) in [6, 6.07) is 0. The Morgan fingerprint density at radius 3 is 2.94 bits per heavy atom. The number of aryl methyl sites for hydroxylation is 1. The number of aromatic nitrogens is 2. The van der Waals surface area contributed by atoms with E-state index >= 15 is 0 Å². The molecule has 0 aliphatic heterocycles. The van der Waals surface area contributed by atoms with Crippen LogP contribution in [-0.2, 0) is 4.79 Å². The monoisotopic (exact) mass is 254 g/mol. The van der Waals surface area contributed by atoms with Gasteiger partial charge in [-0.2, -0.15) is 0 Å². The van der Waals surface area contributed by atoms with E-state index in [1.54, 1.807) is 13.2 Å². The minimum Gasteiger partial charge on any atom is -0.357 e. The van der Waals surface area contributed by atoms with Crippen molar-refractivity contribution in [3.63, 3.8) is 0 Å². The van der Waals surface area contributed by atoms with Crippen LogP contribution in [-0.4, -0.2) is 35.2 Å².